The van der Waals surface area contributed by atoms with Gasteiger partial charge in [0.05, 0.1) is 0 Å². The second-order valence-electron chi connectivity index (χ2n) is 20.3. The summed E-state index contributed by atoms with van der Waals surface area (Å²) in [5.74, 6) is 0. The average Bonchev–Trinajstić information content (AvgIpc) is 3.18. The molecular formula is C58H72HfN2. The van der Waals surface area contributed by atoms with Crippen LogP contribution in [-0.2, 0) is 60.3 Å². The largest absolute Gasteiger partial charge is 4.00 e. The molecule has 3 heteroatoms. The molecule has 0 spiro atoms. The van der Waals surface area contributed by atoms with E-state index in [1.165, 1.54) is 33.4 Å². The molecule has 2 atom stereocenters. The van der Waals surface area contributed by atoms with E-state index in [-0.39, 0.29) is 59.6 Å². The van der Waals surface area contributed by atoms with Gasteiger partial charge >= 0.3 is 25.8 Å². The third-order valence-corrected chi connectivity index (χ3v) is 10.6. The number of benzene rings is 6. The molecule has 0 aliphatic heterocycles. The Kier molecular flexibility index (Phi) is 18.8. The summed E-state index contributed by atoms with van der Waals surface area (Å²) in [4.78, 5) is 0. The van der Waals surface area contributed by atoms with Crippen LogP contribution in [0.4, 0.5) is 11.4 Å². The number of rotatable bonds is 9. The van der Waals surface area contributed by atoms with Crippen LogP contribution in [0.2, 0.25) is 0 Å². The molecule has 0 N–H and O–H groups in total. The van der Waals surface area contributed by atoms with Crippen molar-refractivity contribution >= 4 is 11.4 Å². The van der Waals surface area contributed by atoms with Crippen molar-refractivity contribution in [1.29, 1.82) is 0 Å². The molecule has 0 unspecified atom stereocenters. The molecule has 0 radical (unpaired) electrons. The van der Waals surface area contributed by atoms with Crippen LogP contribution in [0.1, 0.15) is 128 Å². The van der Waals surface area contributed by atoms with E-state index < -0.39 is 0 Å². The van der Waals surface area contributed by atoms with Gasteiger partial charge in [0.2, 0.25) is 0 Å². The van der Waals surface area contributed by atoms with Crippen LogP contribution in [0, 0.1) is 13.8 Å². The second-order valence-corrected chi connectivity index (χ2v) is 20.3. The summed E-state index contributed by atoms with van der Waals surface area (Å²) < 4.78 is 0. The Bertz CT molecular complexity index is 1930. The minimum absolute atomic E-state index is 0. The third-order valence-electron chi connectivity index (χ3n) is 10.6. The first-order valence-electron chi connectivity index (χ1n) is 21.6. The van der Waals surface area contributed by atoms with Crippen LogP contribution in [-0.4, -0.2) is 12.1 Å². The summed E-state index contributed by atoms with van der Waals surface area (Å²) >= 11 is 0. The molecule has 0 amide bonds. The van der Waals surface area contributed by atoms with E-state index in [0.29, 0.717) is 0 Å². The van der Waals surface area contributed by atoms with Crippen LogP contribution in [0.15, 0.2) is 158 Å². The van der Waals surface area contributed by atoms with Crippen molar-refractivity contribution in [3.63, 3.8) is 0 Å². The first-order chi connectivity index (χ1) is 28.1. The first kappa shape index (κ1) is 50.9. The van der Waals surface area contributed by atoms with Gasteiger partial charge in [-0.05, 0) is 67.9 Å². The molecule has 61 heavy (non-hydrogen) atoms. The molecular weight excluding hydrogens is 903 g/mol. The molecule has 0 saturated heterocycles. The molecule has 6 rings (SSSR count). The predicted molar refractivity (Wildman–Crippen MR) is 263 cm³/mol. The average molecular weight is 976 g/mol. The van der Waals surface area contributed by atoms with E-state index in [0.717, 1.165) is 35.3 Å². The van der Waals surface area contributed by atoms with Crippen molar-refractivity contribution in [1.82, 2.24) is 0 Å². The summed E-state index contributed by atoms with van der Waals surface area (Å²) in [5.41, 5.74) is 12.2. The van der Waals surface area contributed by atoms with E-state index >= 15 is 0 Å². The molecule has 0 bridgehead atoms. The molecule has 0 aromatic heterocycles. The fourth-order valence-electron chi connectivity index (χ4n) is 6.69. The molecule has 0 aliphatic carbocycles. The fourth-order valence-corrected chi connectivity index (χ4v) is 6.69. The normalized spacial score (nSPS) is 12.6. The van der Waals surface area contributed by atoms with Crippen LogP contribution in [0.5, 0.6) is 0 Å². The third kappa shape index (κ3) is 17.4. The standard InChI is InChI=1S/C44H58N2.2C7H7.Hf/c1-41(2,3)33-25-34(42(4,5)6)28-37(27-33)45-39(23-31-19-15-13-16-20-31)40(24-32-21-17-14-18-22-32)46-38-29-35(43(7,8)9)26-36(30-38)44(10,11)12;2*1-7-5-3-2-4-6-7;/h13-22,25-30,39-40H,23-24H2,1-12H3;2*2-6H,1H2;/q-2;2*-1;+4/t39-,40-;;;/m0.../s1. The Morgan fingerprint density at radius 2 is 0.590 bits per heavy atom. The van der Waals surface area contributed by atoms with E-state index in [2.05, 4.69) is 194 Å². The number of nitrogens with zero attached hydrogens (tertiary/aromatic N) is 2. The van der Waals surface area contributed by atoms with Crippen LogP contribution in [0.25, 0.3) is 10.6 Å². The van der Waals surface area contributed by atoms with Crippen molar-refractivity contribution in [2.24, 2.45) is 0 Å². The predicted octanol–water partition coefficient (Wildman–Crippen LogP) is 16.5. The fraction of sp³-hybridized carbons (Fsp3) is 0.345. The van der Waals surface area contributed by atoms with E-state index in [4.69, 9.17) is 10.6 Å². The van der Waals surface area contributed by atoms with Gasteiger partial charge in [0, 0.05) is 0 Å². The van der Waals surface area contributed by atoms with Gasteiger partial charge in [0.1, 0.15) is 0 Å². The monoisotopic (exact) mass is 977 g/mol. The Hall–Kier alpha value is -4.47. The van der Waals surface area contributed by atoms with Gasteiger partial charge < -0.3 is 10.6 Å². The summed E-state index contributed by atoms with van der Waals surface area (Å²) in [7, 11) is 0. The van der Waals surface area contributed by atoms with Gasteiger partial charge in [0.15, 0.2) is 0 Å². The molecule has 0 heterocycles. The minimum Gasteiger partial charge on any atom is -0.682 e. The Morgan fingerprint density at radius 3 is 0.787 bits per heavy atom. The zero-order valence-corrected chi connectivity index (χ0v) is 43.0. The van der Waals surface area contributed by atoms with E-state index in [1.807, 2.05) is 60.7 Å². The molecule has 2 nitrogen and oxygen atoms in total. The number of hydrogen-bond donors (Lipinski definition) is 0. The summed E-state index contributed by atoms with van der Waals surface area (Å²) in [5, 5.41) is 11.3. The molecule has 0 aliphatic rings. The van der Waals surface area contributed by atoms with Gasteiger partial charge in [-0.2, -0.15) is 49.2 Å². The van der Waals surface area contributed by atoms with Crippen LogP contribution in [0.3, 0.4) is 0 Å². The van der Waals surface area contributed by atoms with Crippen molar-refractivity contribution in [2.75, 3.05) is 0 Å². The summed E-state index contributed by atoms with van der Waals surface area (Å²) in [6, 6.07) is 55.3. The quantitative estimate of drug-likeness (QED) is 0.102. The molecule has 6 aromatic rings. The van der Waals surface area contributed by atoms with Gasteiger partial charge in [-0.15, -0.1) is 47.7 Å². The van der Waals surface area contributed by atoms with Gasteiger partial charge in [-0.25, -0.2) is 0 Å². The summed E-state index contributed by atoms with van der Waals surface area (Å²) in [6.07, 6.45) is 1.63. The van der Waals surface area contributed by atoms with Gasteiger partial charge in [-0.1, -0.05) is 192 Å². The maximum Gasteiger partial charge on any atom is 4.00 e. The first-order valence-corrected chi connectivity index (χ1v) is 21.6. The van der Waals surface area contributed by atoms with Crippen molar-refractivity contribution < 1.29 is 25.8 Å². The SMILES string of the molecule is CC(C)(C)c1cc([N-][C@@H](Cc2ccccc2)[C@H](Cc2ccccc2)[N-]c2cc(C(C)(C)C)cc(C(C)(C)C)c2)cc(C(C)(C)C)c1.[CH2-]c1ccccc1.[CH2-]c1ccccc1.[Hf+4]. The topological polar surface area (TPSA) is 28.2 Å². The molecule has 0 fully saturated rings. The van der Waals surface area contributed by atoms with Crippen molar-refractivity contribution in [3.8, 4) is 0 Å². The van der Waals surface area contributed by atoms with E-state index in [9.17, 15) is 0 Å². The van der Waals surface area contributed by atoms with Crippen molar-refractivity contribution in [2.45, 2.75) is 130 Å². The summed E-state index contributed by atoms with van der Waals surface area (Å²) in [6.45, 7) is 35.0. The maximum absolute atomic E-state index is 5.64. The minimum atomic E-state index is -0.0537. The smallest absolute Gasteiger partial charge is 0.682 e. The molecule has 318 valence electrons. The Balaban J connectivity index is 0.000000555. The maximum atomic E-state index is 5.64. The van der Waals surface area contributed by atoms with Crippen molar-refractivity contribution in [3.05, 3.63) is 227 Å². The molecule has 6 aromatic carbocycles. The Labute approximate surface area is 391 Å². The Morgan fingerprint density at radius 1 is 0.361 bits per heavy atom. The van der Waals surface area contributed by atoms with E-state index in [1.54, 1.807) is 0 Å². The zero-order valence-electron chi connectivity index (χ0n) is 39.4. The number of hydrogen-bond acceptors (Lipinski definition) is 0. The van der Waals surface area contributed by atoms with Crippen LogP contribution < -0.4 is 0 Å². The second kappa shape index (κ2) is 22.6. The van der Waals surface area contributed by atoms with Gasteiger partial charge in [0.25, 0.3) is 0 Å². The molecule has 0 saturated carbocycles. The van der Waals surface area contributed by atoms with Crippen LogP contribution >= 0.6 is 0 Å². The van der Waals surface area contributed by atoms with Gasteiger partial charge in [-0.3, -0.25) is 0 Å². The zero-order chi connectivity index (χ0) is 44.1.